The summed E-state index contributed by atoms with van der Waals surface area (Å²) >= 11 is 0. The maximum atomic E-state index is 13.5. The van der Waals surface area contributed by atoms with Crippen molar-refractivity contribution in [3.63, 3.8) is 0 Å². The van der Waals surface area contributed by atoms with Crippen LogP contribution < -0.4 is 5.32 Å². The predicted molar refractivity (Wildman–Crippen MR) is 251 cm³/mol. The van der Waals surface area contributed by atoms with Gasteiger partial charge in [0.2, 0.25) is 26.0 Å². The van der Waals surface area contributed by atoms with E-state index in [9.17, 15) is 31.5 Å². The first-order valence-corrected chi connectivity index (χ1v) is 26.8. The van der Waals surface area contributed by atoms with E-state index in [-0.39, 0.29) is 58.1 Å². The van der Waals surface area contributed by atoms with Crippen LogP contribution in [0.25, 0.3) is 22.1 Å². The summed E-state index contributed by atoms with van der Waals surface area (Å²) in [6.45, 7) is 18.5. The molecule has 1 amide bonds. The van der Waals surface area contributed by atoms with Gasteiger partial charge < -0.3 is 29.0 Å². The van der Waals surface area contributed by atoms with Crippen LogP contribution in [0.2, 0.25) is 0 Å². The van der Waals surface area contributed by atoms with Gasteiger partial charge in [-0.25, -0.2) is 26.8 Å². The Labute approximate surface area is 389 Å². The topological polar surface area (TPSA) is 195 Å². The van der Waals surface area contributed by atoms with Gasteiger partial charge in [-0.1, -0.05) is 41.5 Å². The van der Waals surface area contributed by atoms with Gasteiger partial charge in [-0.05, 0) is 106 Å². The number of fused-ring (bicyclic) bond motifs is 2. The second-order valence-electron chi connectivity index (χ2n) is 21.2. The maximum Gasteiger partial charge on any atom is 0.307 e. The number of carboxylic acid groups (broad SMARTS) is 1. The number of hydrogen-bond donors (Lipinski definition) is 2. The number of hydrogen-bond acceptors (Lipinski definition) is 10. The van der Waals surface area contributed by atoms with Gasteiger partial charge in [0.15, 0.2) is 0 Å². The third kappa shape index (κ3) is 10.4. The van der Waals surface area contributed by atoms with Crippen LogP contribution in [0.5, 0.6) is 0 Å². The fourth-order valence-electron chi connectivity index (χ4n) is 9.91. The molecule has 5 aliphatic rings. The van der Waals surface area contributed by atoms with Crippen LogP contribution in [-0.2, 0) is 63.0 Å². The molecular formula is C48H69N7O9S2. The minimum Gasteiger partial charge on any atom is -0.481 e. The molecule has 362 valence electrons. The van der Waals surface area contributed by atoms with Gasteiger partial charge in [0.05, 0.1) is 43.7 Å². The smallest absolute Gasteiger partial charge is 0.307 e. The van der Waals surface area contributed by atoms with Gasteiger partial charge in [-0.15, -0.1) is 0 Å². The molecule has 0 radical (unpaired) electrons. The molecule has 2 aromatic heterocycles. The third-order valence-electron chi connectivity index (χ3n) is 14.1. The summed E-state index contributed by atoms with van der Waals surface area (Å²) in [5, 5.41) is 12.3. The zero-order valence-electron chi connectivity index (χ0n) is 39.5. The third-order valence-corrected chi connectivity index (χ3v) is 17.8. The zero-order valence-corrected chi connectivity index (χ0v) is 41.1. The summed E-state index contributed by atoms with van der Waals surface area (Å²) in [4.78, 5) is 34.0. The van der Waals surface area contributed by atoms with Crippen molar-refractivity contribution in [1.82, 2.24) is 33.0 Å². The Morgan fingerprint density at radius 1 is 0.652 bits per heavy atom. The number of ether oxygens (including phenoxy) is 2. The first-order chi connectivity index (χ1) is 31.2. The van der Waals surface area contributed by atoms with E-state index in [0.29, 0.717) is 42.3 Å². The summed E-state index contributed by atoms with van der Waals surface area (Å²) < 4.78 is 71.5. The molecule has 5 fully saturated rings. The number of nitrogens with one attached hydrogen (secondary N) is 1. The second kappa shape index (κ2) is 19.2. The average molecular weight is 952 g/mol. The summed E-state index contributed by atoms with van der Waals surface area (Å²) in [5.41, 5.74) is 2.92. The van der Waals surface area contributed by atoms with Crippen LogP contribution in [0.15, 0.2) is 46.2 Å². The summed E-state index contributed by atoms with van der Waals surface area (Å²) in [6.07, 6.45) is 8.18. The molecule has 66 heavy (non-hydrogen) atoms. The van der Waals surface area contributed by atoms with Gasteiger partial charge in [-0.2, -0.15) is 8.61 Å². The van der Waals surface area contributed by atoms with Crippen LogP contribution >= 0.6 is 0 Å². The molecule has 1 saturated carbocycles. The van der Waals surface area contributed by atoms with Gasteiger partial charge in [0, 0.05) is 82.6 Å². The lowest BCUT2D eigenvalue weighted by atomic mass is 9.92. The van der Waals surface area contributed by atoms with Crippen molar-refractivity contribution in [2.75, 3.05) is 52.6 Å². The Balaban J connectivity index is 0.000000181. The first kappa shape index (κ1) is 48.5. The monoisotopic (exact) mass is 951 g/mol. The Morgan fingerprint density at radius 3 is 1.45 bits per heavy atom. The Kier molecular flexibility index (Phi) is 14.1. The fourth-order valence-corrected chi connectivity index (χ4v) is 12.9. The number of carbonyl (C=O) groups is 2. The number of benzene rings is 2. The maximum absolute atomic E-state index is 13.5. The fraction of sp³-hybridized carbons (Fsp3) is 0.667. The molecule has 4 saturated heterocycles. The quantitative estimate of drug-likeness (QED) is 0.171. The van der Waals surface area contributed by atoms with Crippen molar-refractivity contribution >= 4 is 54.0 Å². The van der Waals surface area contributed by atoms with Crippen LogP contribution in [0.3, 0.4) is 0 Å². The number of nitrogens with zero attached hydrogens (tertiary/aromatic N) is 6. The molecule has 0 bridgehead atoms. The lowest BCUT2D eigenvalue weighted by Gasteiger charge is -2.27. The van der Waals surface area contributed by atoms with E-state index in [4.69, 9.17) is 19.4 Å². The Morgan fingerprint density at radius 2 is 1.08 bits per heavy atom. The van der Waals surface area contributed by atoms with Crippen molar-refractivity contribution in [3.05, 3.63) is 48.0 Å². The molecule has 16 nitrogen and oxygen atoms in total. The highest BCUT2D eigenvalue weighted by Gasteiger charge is 2.39. The van der Waals surface area contributed by atoms with Crippen molar-refractivity contribution < 1.29 is 41.0 Å². The van der Waals surface area contributed by atoms with E-state index in [1.165, 1.54) is 8.61 Å². The van der Waals surface area contributed by atoms with Crippen molar-refractivity contribution in [2.24, 2.45) is 23.7 Å². The lowest BCUT2D eigenvalue weighted by Crippen LogP contribution is -2.43. The highest BCUT2D eigenvalue weighted by Crippen LogP contribution is 2.34. The van der Waals surface area contributed by atoms with Crippen LogP contribution in [0.1, 0.15) is 111 Å². The van der Waals surface area contributed by atoms with Crippen LogP contribution in [-0.4, -0.2) is 120 Å². The molecule has 2 unspecified atom stereocenters. The number of imidazole rings is 2. The van der Waals surface area contributed by atoms with Crippen LogP contribution in [0, 0.1) is 23.7 Å². The molecule has 9 rings (SSSR count). The number of aliphatic carboxylic acids is 1. The summed E-state index contributed by atoms with van der Waals surface area (Å²) in [7, 11) is -7.45. The molecular weight excluding hydrogens is 883 g/mol. The van der Waals surface area contributed by atoms with E-state index in [2.05, 4.69) is 56.0 Å². The van der Waals surface area contributed by atoms with E-state index >= 15 is 0 Å². The van der Waals surface area contributed by atoms with Crippen molar-refractivity contribution in [3.8, 4) is 0 Å². The van der Waals surface area contributed by atoms with E-state index in [1.54, 1.807) is 24.3 Å². The summed E-state index contributed by atoms with van der Waals surface area (Å²) in [6, 6.07) is 10.7. The van der Waals surface area contributed by atoms with Gasteiger partial charge in [-0.3, -0.25) is 9.59 Å². The number of sulfonamides is 2. The standard InChI is InChI=1S/C26H38N4O4S.C22H31N3O5S/c1-26(2,3)25-28-22-15-21(7-8-23(22)30(25)16-18-10-13-34-14-11-18)35(32,33)29-12-9-19(17-29)24(31)27-20-5-4-6-20;1-22(2,3)21-23-18-12-17(31(28,29)24-9-6-16(14-24)20(26)27)4-5-19(18)25(21)13-15-7-10-30-11-8-15/h7-8,15,18-20H,4-6,9-14,16-17H2,1-3H3,(H,27,31);4-5,12,15-16H,6-11,13-14H2,1-3H3,(H,26,27). The number of carbonyl (C=O) groups excluding carboxylic acids is 1. The number of aromatic nitrogens is 4. The molecule has 0 spiro atoms. The van der Waals surface area contributed by atoms with Gasteiger partial charge in [0.25, 0.3) is 0 Å². The predicted octanol–water partition coefficient (Wildman–Crippen LogP) is 6.30. The molecule has 18 heteroatoms. The van der Waals surface area contributed by atoms with Crippen molar-refractivity contribution in [1.29, 1.82) is 0 Å². The van der Waals surface area contributed by atoms with Gasteiger partial charge >= 0.3 is 5.97 Å². The molecule has 2 N–H and O–H groups in total. The molecule has 4 aliphatic heterocycles. The van der Waals surface area contributed by atoms with Gasteiger partial charge in [0.1, 0.15) is 11.6 Å². The average Bonchev–Trinajstić information content (AvgIpc) is 4.09. The Hall–Kier alpha value is -3.94. The zero-order chi connectivity index (χ0) is 47.2. The second-order valence-corrected chi connectivity index (χ2v) is 25.1. The minimum absolute atomic E-state index is 0.00970. The number of carboxylic acids is 1. The molecule has 2 atom stereocenters. The summed E-state index contributed by atoms with van der Waals surface area (Å²) in [5.74, 6) is 1.06. The van der Waals surface area contributed by atoms with Crippen molar-refractivity contribution in [2.45, 2.75) is 139 Å². The highest BCUT2D eigenvalue weighted by molar-refractivity contribution is 7.89. The van der Waals surface area contributed by atoms with E-state index < -0.39 is 31.9 Å². The Bertz CT molecular complexity index is 2630. The highest BCUT2D eigenvalue weighted by atomic mass is 32.2. The van der Waals surface area contributed by atoms with E-state index in [1.807, 2.05) is 12.1 Å². The largest absolute Gasteiger partial charge is 0.481 e. The van der Waals surface area contributed by atoms with E-state index in [0.717, 1.165) is 107 Å². The first-order valence-electron chi connectivity index (χ1n) is 23.9. The normalized spacial score (nSPS) is 22.4. The lowest BCUT2D eigenvalue weighted by molar-refractivity contribution is -0.141. The molecule has 2 aromatic carbocycles. The SMILES string of the molecule is CC(C)(C)c1nc2cc(S(=O)(=O)N3CCC(C(=O)NC4CCC4)C3)ccc2n1CC1CCOCC1.CC(C)(C)c1nc2cc(S(=O)(=O)N3CCC(C(=O)O)C3)ccc2n1CC1CCOCC1. The number of amides is 1. The number of rotatable bonds is 11. The van der Waals surface area contributed by atoms with Crippen LogP contribution in [0.4, 0.5) is 0 Å². The molecule has 4 aromatic rings. The molecule has 6 heterocycles. The molecule has 1 aliphatic carbocycles. The minimum atomic E-state index is -3.76.